The van der Waals surface area contributed by atoms with Gasteiger partial charge in [-0.2, -0.15) is 0 Å². The predicted molar refractivity (Wildman–Crippen MR) is 130 cm³/mol. The third-order valence-electron chi connectivity index (χ3n) is 5.24. The Morgan fingerprint density at radius 1 is 0.656 bits per heavy atom. The topological polar surface area (TPSA) is 42.5 Å². The lowest BCUT2D eigenvalue weighted by atomic mass is 10.0. The van der Waals surface area contributed by atoms with Gasteiger partial charge in [0.25, 0.3) is 0 Å². The maximum atomic E-state index is 6.25. The number of anilines is 1. The van der Waals surface area contributed by atoms with Gasteiger partial charge in [-0.1, -0.05) is 72.8 Å². The number of nitrogens with one attached hydrogen (secondary N) is 2. The molecule has 0 aliphatic rings. The molecule has 0 aliphatic heterocycles. The minimum Gasteiger partial charge on any atom is -0.496 e. The molecule has 0 spiro atoms. The van der Waals surface area contributed by atoms with Crippen LogP contribution >= 0.6 is 0 Å². The second-order valence-electron chi connectivity index (χ2n) is 7.55. The Morgan fingerprint density at radius 3 is 2.16 bits per heavy atom. The first-order valence-electron chi connectivity index (χ1n) is 10.8. The minimum absolute atomic E-state index is 0.439. The van der Waals surface area contributed by atoms with Gasteiger partial charge in [-0.15, -0.1) is 0 Å². The first kappa shape index (κ1) is 21.5. The van der Waals surface area contributed by atoms with Crippen LogP contribution in [-0.2, 0) is 19.6 Å². The molecule has 0 heterocycles. The van der Waals surface area contributed by atoms with E-state index in [1.165, 1.54) is 11.1 Å². The molecule has 0 amide bonds. The van der Waals surface area contributed by atoms with E-state index in [2.05, 4.69) is 59.4 Å². The SMILES string of the molecule is COc1ccc(CNNc2ccccc2)cc1COc1ccccc1Cc1ccccc1. The number of hydrogen-bond donors (Lipinski definition) is 2. The number of benzene rings is 4. The van der Waals surface area contributed by atoms with Crippen molar-refractivity contribution < 1.29 is 9.47 Å². The summed E-state index contributed by atoms with van der Waals surface area (Å²) in [5.74, 6) is 1.72. The molecule has 0 aliphatic carbocycles. The van der Waals surface area contributed by atoms with Gasteiger partial charge in [-0.25, -0.2) is 5.43 Å². The summed E-state index contributed by atoms with van der Waals surface area (Å²) >= 11 is 0. The van der Waals surface area contributed by atoms with Crippen LogP contribution in [0.3, 0.4) is 0 Å². The van der Waals surface area contributed by atoms with Crippen LogP contribution in [0.1, 0.15) is 22.3 Å². The van der Waals surface area contributed by atoms with Crippen molar-refractivity contribution in [1.82, 2.24) is 5.43 Å². The van der Waals surface area contributed by atoms with E-state index < -0.39 is 0 Å². The standard InChI is InChI=1S/C28H28N2O2/c1-31-27-17-16-23(20-29-30-26-13-6-3-7-14-26)19-25(27)21-32-28-15-9-8-12-24(28)18-22-10-4-2-5-11-22/h2-17,19,29-30H,18,20-21H2,1H3. The van der Waals surface area contributed by atoms with Crippen molar-refractivity contribution in [2.45, 2.75) is 19.6 Å². The van der Waals surface area contributed by atoms with E-state index in [-0.39, 0.29) is 0 Å². The second kappa shape index (κ2) is 11.0. The first-order chi connectivity index (χ1) is 15.8. The monoisotopic (exact) mass is 424 g/mol. The largest absolute Gasteiger partial charge is 0.496 e. The van der Waals surface area contributed by atoms with Crippen LogP contribution in [-0.4, -0.2) is 7.11 Å². The zero-order valence-corrected chi connectivity index (χ0v) is 18.3. The van der Waals surface area contributed by atoms with Gasteiger partial charge < -0.3 is 14.9 Å². The van der Waals surface area contributed by atoms with Crippen molar-refractivity contribution in [3.63, 3.8) is 0 Å². The highest BCUT2D eigenvalue weighted by molar-refractivity contribution is 5.42. The molecule has 0 saturated carbocycles. The molecule has 4 aromatic rings. The lowest BCUT2D eigenvalue weighted by molar-refractivity contribution is 0.294. The van der Waals surface area contributed by atoms with E-state index in [9.17, 15) is 0 Å². The number of ether oxygens (including phenoxy) is 2. The maximum Gasteiger partial charge on any atom is 0.125 e. The van der Waals surface area contributed by atoms with Gasteiger partial charge in [0.15, 0.2) is 0 Å². The average molecular weight is 425 g/mol. The summed E-state index contributed by atoms with van der Waals surface area (Å²) in [7, 11) is 1.69. The number of hydrazine groups is 1. The molecular formula is C28H28N2O2. The number of para-hydroxylation sites is 2. The summed E-state index contributed by atoms with van der Waals surface area (Å²) in [6.07, 6.45) is 0.837. The normalized spacial score (nSPS) is 10.5. The molecule has 162 valence electrons. The van der Waals surface area contributed by atoms with E-state index in [1.807, 2.05) is 54.6 Å². The number of rotatable bonds is 10. The number of hydrogen-bond acceptors (Lipinski definition) is 4. The van der Waals surface area contributed by atoms with Crippen molar-refractivity contribution in [3.8, 4) is 11.5 Å². The lowest BCUT2D eigenvalue weighted by Gasteiger charge is -2.15. The van der Waals surface area contributed by atoms with Crippen molar-refractivity contribution in [2.24, 2.45) is 0 Å². The highest BCUT2D eigenvalue weighted by atomic mass is 16.5. The van der Waals surface area contributed by atoms with Crippen molar-refractivity contribution in [3.05, 3.63) is 125 Å². The molecule has 0 atom stereocenters. The molecule has 32 heavy (non-hydrogen) atoms. The van der Waals surface area contributed by atoms with Gasteiger partial charge in [0.05, 0.1) is 7.11 Å². The Morgan fingerprint density at radius 2 is 1.38 bits per heavy atom. The van der Waals surface area contributed by atoms with Crippen molar-refractivity contribution in [2.75, 3.05) is 12.5 Å². The second-order valence-corrected chi connectivity index (χ2v) is 7.55. The highest BCUT2D eigenvalue weighted by Gasteiger charge is 2.09. The zero-order valence-electron chi connectivity index (χ0n) is 18.3. The smallest absolute Gasteiger partial charge is 0.125 e. The quantitative estimate of drug-likeness (QED) is 0.307. The molecule has 0 fully saturated rings. The molecule has 4 rings (SSSR count). The lowest BCUT2D eigenvalue weighted by Crippen LogP contribution is -2.20. The average Bonchev–Trinajstić information content (AvgIpc) is 2.85. The highest BCUT2D eigenvalue weighted by Crippen LogP contribution is 2.26. The minimum atomic E-state index is 0.439. The molecule has 4 aromatic carbocycles. The molecule has 2 N–H and O–H groups in total. The van der Waals surface area contributed by atoms with Crippen LogP contribution in [0.25, 0.3) is 0 Å². The molecular weight excluding hydrogens is 396 g/mol. The Bertz CT molecular complexity index is 1110. The Labute approximate surface area is 189 Å². The van der Waals surface area contributed by atoms with E-state index >= 15 is 0 Å². The molecule has 0 bridgehead atoms. The van der Waals surface area contributed by atoms with E-state index in [0.717, 1.165) is 34.7 Å². The Hall–Kier alpha value is -3.76. The van der Waals surface area contributed by atoms with Crippen LogP contribution in [0.2, 0.25) is 0 Å². The fourth-order valence-electron chi connectivity index (χ4n) is 3.59. The van der Waals surface area contributed by atoms with Gasteiger partial charge in [-0.05, 0) is 47.0 Å². The first-order valence-corrected chi connectivity index (χ1v) is 10.8. The maximum absolute atomic E-state index is 6.25. The summed E-state index contributed by atoms with van der Waals surface area (Å²) in [6, 6.07) is 34.9. The van der Waals surface area contributed by atoms with Crippen LogP contribution in [0, 0.1) is 0 Å². The van der Waals surface area contributed by atoms with Crippen molar-refractivity contribution >= 4 is 5.69 Å². The summed E-state index contributed by atoms with van der Waals surface area (Å²) in [5.41, 5.74) is 12.1. The van der Waals surface area contributed by atoms with Crippen LogP contribution < -0.4 is 20.3 Å². The third kappa shape index (κ3) is 5.90. The van der Waals surface area contributed by atoms with Gasteiger partial charge in [0, 0.05) is 24.2 Å². The van der Waals surface area contributed by atoms with Gasteiger partial charge in [0.2, 0.25) is 0 Å². The Balaban J connectivity index is 1.42. The predicted octanol–water partition coefficient (Wildman–Crippen LogP) is 5.98. The third-order valence-corrected chi connectivity index (χ3v) is 5.24. The molecule has 4 nitrogen and oxygen atoms in total. The molecule has 0 unspecified atom stereocenters. The summed E-state index contributed by atoms with van der Waals surface area (Å²) in [4.78, 5) is 0. The fourth-order valence-corrected chi connectivity index (χ4v) is 3.59. The fraction of sp³-hybridized carbons (Fsp3) is 0.143. The summed E-state index contributed by atoms with van der Waals surface area (Å²) in [6.45, 7) is 1.12. The van der Waals surface area contributed by atoms with Gasteiger partial charge in [0.1, 0.15) is 18.1 Å². The molecule has 0 aromatic heterocycles. The van der Waals surface area contributed by atoms with Crippen LogP contribution in [0.4, 0.5) is 5.69 Å². The van der Waals surface area contributed by atoms with Gasteiger partial charge >= 0.3 is 0 Å². The van der Waals surface area contributed by atoms with Crippen LogP contribution in [0.5, 0.6) is 11.5 Å². The Kier molecular flexibility index (Phi) is 7.40. The molecule has 0 radical (unpaired) electrons. The molecule has 4 heteroatoms. The molecule has 0 saturated heterocycles. The van der Waals surface area contributed by atoms with Crippen LogP contribution in [0.15, 0.2) is 103 Å². The van der Waals surface area contributed by atoms with E-state index in [4.69, 9.17) is 9.47 Å². The number of methoxy groups -OCH3 is 1. The summed E-state index contributed by atoms with van der Waals surface area (Å²) in [5, 5.41) is 0. The van der Waals surface area contributed by atoms with E-state index in [1.54, 1.807) is 7.11 Å². The summed E-state index contributed by atoms with van der Waals surface area (Å²) < 4.78 is 11.8. The zero-order chi connectivity index (χ0) is 22.0. The van der Waals surface area contributed by atoms with Crippen molar-refractivity contribution in [1.29, 1.82) is 0 Å². The van der Waals surface area contributed by atoms with E-state index in [0.29, 0.717) is 13.2 Å². The van der Waals surface area contributed by atoms with Gasteiger partial charge in [-0.3, -0.25) is 0 Å².